The Bertz CT molecular complexity index is 1120. The van der Waals surface area contributed by atoms with E-state index in [1.165, 1.54) is 11.1 Å². The van der Waals surface area contributed by atoms with Gasteiger partial charge in [0.15, 0.2) is 0 Å². The molecule has 0 unspecified atom stereocenters. The fraction of sp³-hybridized carbons (Fsp3) is 0.360. The first-order valence-corrected chi connectivity index (χ1v) is 10.6. The Kier molecular flexibility index (Phi) is 4.91. The molecule has 30 heavy (non-hydrogen) atoms. The Balaban J connectivity index is 1.38. The number of nitrogens with one attached hydrogen (secondary N) is 1. The SMILES string of the molecule is Cc1cc2c(c(-c3ccc4nc(C)ccc4c3)c1)O[C@H](CNC(=O)[C@H]1CCOC1)C2. The number of aryl methyl sites for hydroxylation is 2. The van der Waals surface area contributed by atoms with Gasteiger partial charge in [0.2, 0.25) is 5.91 Å². The zero-order valence-corrected chi connectivity index (χ0v) is 17.4. The molecule has 0 bridgehead atoms. The number of nitrogens with zero attached hydrogens (tertiary/aromatic N) is 1. The summed E-state index contributed by atoms with van der Waals surface area (Å²) in [5.41, 5.74) is 6.66. The van der Waals surface area contributed by atoms with E-state index in [1.54, 1.807) is 0 Å². The van der Waals surface area contributed by atoms with Crippen molar-refractivity contribution in [2.75, 3.05) is 19.8 Å². The van der Waals surface area contributed by atoms with Crippen LogP contribution in [0.25, 0.3) is 22.0 Å². The number of pyridine rings is 1. The third-order valence-electron chi connectivity index (χ3n) is 5.99. The molecule has 0 radical (unpaired) electrons. The smallest absolute Gasteiger partial charge is 0.225 e. The Morgan fingerprint density at radius 1 is 1.17 bits per heavy atom. The fourth-order valence-corrected chi connectivity index (χ4v) is 4.42. The van der Waals surface area contributed by atoms with E-state index in [1.807, 2.05) is 13.0 Å². The van der Waals surface area contributed by atoms with Crippen LogP contribution < -0.4 is 10.1 Å². The highest BCUT2D eigenvalue weighted by molar-refractivity contribution is 5.86. The van der Waals surface area contributed by atoms with Gasteiger partial charge in [-0.3, -0.25) is 9.78 Å². The van der Waals surface area contributed by atoms with Crippen molar-refractivity contribution in [2.24, 2.45) is 5.92 Å². The van der Waals surface area contributed by atoms with Crippen molar-refractivity contribution < 1.29 is 14.3 Å². The summed E-state index contributed by atoms with van der Waals surface area (Å²) < 4.78 is 11.6. The molecule has 0 spiro atoms. The van der Waals surface area contributed by atoms with Gasteiger partial charge in [-0.2, -0.15) is 0 Å². The molecule has 3 aromatic rings. The summed E-state index contributed by atoms with van der Waals surface area (Å²) in [5, 5.41) is 4.17. The number of hydrogen-bond acceptors (Lipinski definition) is 4. The summed E-state index contributed by atoms with van der Waals surface area (Å²) in [5.74, 6) is 0.977. The molecule has 0 aliphatic carbocycles. The number of aromatic nitrogens is 1. The summed E-state index contributed by atoms with van der Waals surface area (Å²) in [7, 11) is 0. The number of benzene rings is 2. The molecule has 2 aliphatic heterocycles. The van der Waals surface area contributed by atoms with Crippen LogP contribution in [0.1, 0.15) is 23.2 Å². The zero-order chi connectivity index (χ0) is 20.7. The third-order valence-corrected chi connectivity index (χ3v) is 5.99. The Morgan fingerprint density at radius 3 is 2.90 bits per heavy atom. The molecule has 2 atom stereocenters. The molecule has 1 aromatic heterocycles. The van der Waals surface area contributed by atoms with Gasteiger partial charge in [0.1, 0.15) is 11.9 Å². The quantitative estimate of drug-likeness (QED) is 0.717. The predicted molar refractivity (Wildman–Crippen MR) is 117 cm³/mol. The highest BCUT2D eigenvalue weighted by Crippen LogP contribution is 2.40. The van der Waals surface area contributed by atoms with Crippen LogP contribution in [-0.4, -0.2) is 36.8 Å². The first-order valence-electron chi connectivity index (χ1n) is 10.6. The number of fused-ring (bicyclic) bond motifs is 2. The van der Waals surface area contributed by atoms with Crippen LogP contribution in [0.3, 0.4) is 0 Å². The largest absolute Gasteiger partial charge is 0.487 e. The zero-order valence-electron chi connectivity index (χ0n) is 17.4. The van der Waals surface area contributed by atoms with Crippen molar-refractivity contribution in [1.82, 2.24) is 10.3 Å². The lowest BCUT2D eigenvalue weighted by Crippen LogP contribution is -2.38. The van der Waals surface area contributed by atoms with Crippen molar-refractivity contribution in [1.29, 1.82) is 0 Å². The number of ether oxygens (including phenoxy) is 2. The summed E-state index contributed by atoms with van der Waals surface area (Å²) in [6.07, 6.45) is 1.56. The van der Waals surface area contributed by atoms with Gasteiger partial charge in [0.05, 0.1) is 24.6 Å². The lowest BCUT2D eigenvalue weighted by molar-refractivity contribution is -0.125. The van der Waals surface area contributed by atoms with Gasteiger partial charge >= 0.3 is 0 Å². The highest BCUT2D eigenvalue weighted by atomic mass is 16.5. The second kappa shape index (κ2) is 7.73. The van der Waals surface area contributed by atoms with Crippen LogP contribution in [0.15, 0.2) is 42.5 Å². The molecule has 3 heterocycles. The molecule has 1 amide bonds. The minimum absolute atomic E-state index is 0.0265. The van der Waals surface area contributed by atoms with Gasteiger partial charge in [-0.05, 0) is 61.2 Å². The molecule has 5 heteroatoms. The molecule has 1 saturated heterocycles. The van der Waals surface area contributed by atoms with Crippen molar-refractivity contribution in [3.8, 4) is 16.9 Å². The molecule has 0 saturated carbocycles. The number of hydrogen-bond donors (Lipinski definition) is 1. The third kappa shape index (κ3) is 3.65. The molecule has 2 aromatic carbocycles. The van der Waals surface area contributed by atoms with Gasteiger partial charge in [0, 0.05) is 29.7 Å². The molecule has 2 aliphatic rings. The van der Waals surface area contributed by atoms with Gasteiger partial charge in [0.25, 0.3) is 0 Å². The molecule has 1 fully saturated rings. The van der Waals surface area contributed by atoms with Gasteiger partial charge < -0.3 is 14.8 Å². The minimum atomic E-state index is -0.0448. The number of rotatable bonds is 4. The molecule has 154 valence electrons. The highest BCUT2D eigenvalue weighted by Gasteiger charge is 2.29. The number of carbonyl (C=O) groups excluding carboxylic acids is 1. The lowest BCUT2D eigenvalue weighted by atomic mass is 9.96. The van der Waals surface area contributed by atoms with Crippen molar-refractivity contribution in [2.45, 2.75) is 32.8 Å². The summed E-state index contributed by atoms with van der Waals surface area (Å²) in [6.45, 7) is 5.84. The number of carbonyl (C=O) groups is 1. The van der Waals surface area contributed by atoms with Crippen LogP contribution >= 0.6 is 0 Å². The van der Waals surface area contributed by atoms with E-state index < -0.39 is 0 Å². The summed E-state index contributed by atoms with van der Waals surface area (Å²) >= 11 is 0. The first kappa shape index (κ1) is 19.1. The summed E-state index contributed by atoms with van der Waals surface area (Å²) in [6, 6.07) is 14.9. The predicted octanol–water partition coefficient (Wildman–Crippen LogP) is 3.97. The van der Waals surface area contributed by atoms with Crippen LogP contribution in [0.5, 0.6) is 5.75 Å². The van der Waals surface area contributed by atoms with Crippen LogP contribution in [-0.2, 0) is 16.0 Å². The van der Waals surface area contributed by atoms with E-state index in [4.69, 9.17) is 9.47 Å². The van der Waals surface area contributed by atoms with Crippen molar-refractivity contribution in [3.63, 3.8) is 0 Å². The lowest BCUT2D eigenvalue weighted by Gasteiger charge is -2.15. The van der Waals surface area contributed by atoms with Gasteiger partial charge in [-0.15, -0.1) is 0 Å². The normalized spacial score (nSPS) is 20.2. The maximum atomic E-state index is 12.3. The van der Waals surface area contributed by atoms with Crippen LogP contribution in [0, 0.1) is 19.8 Å². The molecular formula is C25H26N2O3. The minimum Gasteiger partial charge on any atom is -0.487 e. The molecule has 1 N–H and O–H groups in total. The Morgan fingerprint density at radius 2 is 2.07 bits per heavy atom. The summed E-state index contributed by atoms with van der Waals surface area (Å²) in [4.78, 5) is 16.9. The maximum Gasteiger partial charge on any atom is 0.225 e. The van der Waals surface area contributed by atoms with Crippen LogP contribution in [0.2, 0.25) is 0 Å². The standard InChI is InChI=1S/C25H26N2O3/c1-15-9-20-12-21(13-26-25(28)19-7-8-29-14-19)30-24(20)22(10-15)17-5-6-23-18(11-17)4-3-16(2)27-23/h3-6,9-11,19,21H,7-8,12-14H2,1-2H3,(H,26,28)/t19-,21-/m0/s1. The average Bonchev–Trinajstić information content (AvgIpc) is 3.41. The van der Waals surface area contributed by atoms with Crippen molar-refractivity contribution >= 4 is 16.8 Å². The second-order valence-corrected chi connectivity index (χ2v) is 8.41. The molecular weight excluding hydrogens is 376 g/mol. The average molecular weight is 402 g/mol. The molecule has 5 nitrogen and oxygen atoms in total. The maximum absolute atomic E-state index is 12.3. The Labute approximate surface area is 176 Å². The number of amides is 1. The van der Waals surface area contributed by atoms with E-state index >= 15 is 0 Å². The van der Waals surface area contributed by atoms with E-state index in [2.05, 4.69) is 53.6 Å². The first-order chi connectivity index (χ1) is 14.6. The van der Waals surface area contributed by atoms with Gasteiger partial charge in [-0.1, -0.05) is 18.2 Å². The van der Waals surface area contributed by atoms with Crippen LogP contribution in [0.4, 0.5) is 0 Å². The fourth-order valence-electron chi connectivity index (χ4n) is 4.42. The molecule has 5 rings (SSSR count). The van der Waals surface area contributed by atoms with E-state index in [0.717, 1.165) is 46.3 Å². The van der Waals surface area contributed by atoms with E-state index in [9.17, 15) is 4.79 Å². The second-order valence-electron chi connectivity index (χ2n) is 8.41. The van der Waals surface area contributed by atoms with Gasteiger partial charge in [-0.25, -0.2) is 0 Å². The van der Waals surface area contributed by atoms with E-state index in [0.29, 0.717) is 19.8 Å². The van der Waals surface area contributed by atoms with E-state index in [-0.39, 0.29) is 17.9 Å². The van der Waals surface area contributed by atoms with Crippen molar-refractivity contribution in [3.05, 3.63) is 59.3 Å². The Hall–Kier alpha value is -2.92. The monoisotopic (exact) mass is 402 g/mol. The topological polar surface area (TPSA) is 60.5 Å².